The number of hydrogen-bond donors (Lipinski definition) is 0. The number of fused-ring (bicyclic) bond motifs is 4. The molecule has 55 heavy (non-hydrogen) atoms. The largest absolute Gasteiger partial charge is 0.328 e. The molecule has 0 unspecified atom stereocenters. The van der Waals surface area contributed by atoms with Gasteiger partial charge in [0, 0.05) is 30.8 Å². The highest BCUT2D eigenvalue weighted by atomic mass is 16.1. The van der Waals surface area contributed by atoms with E-state index in [1.165, 1.54) is 33.4 Å². The molecule has 9 aromatic rings. The zero-order valence-corrected chi connectivity index (χ0v) is 30.5. The fourth-order valence-corrected chi connectivity index (χ4v) is 8.59. The van der Waals surface area contributed by atoms with Crippen molar-refractivity contribution in [2.45, 2.75) is 5.41 Å². The molecule has 1 aliphatic rings. The normalized spacial score (nSPS) is 12.8. The number of nitrogens with zero attached hydrogens (tertiary/aromatic N) is 4. The van der Waals surface area contributed by atoms with Crippen LogP contribution in [0, 0.1) is 0 Å². The van der Waals surface area contributed by atoms with Gasteiger partial charge in [-0.3, -0.25) is 9.13 Å². The number of aromatic nitrogens is 4. The van der Waals surface area contributed by atoms with E-state index in [1.807, 2.05) is 38.4 Å². The first-order valence-corrected chi connectivity index (χ1v) is 18.6. The Labute approximate surface area is 319 Å². The summed E-state index contributed by atoms with van der Waals surface area (Å²) in [6.45, 7) is 0. The Balaban J connectivity index is 1.11. The average Bonchev–Trinajstić information content (AvgIpc) is 3.68. The van der Waals surface area contributed by atoms with Gasteiger partial charge in [-0.2, -0.15) is 0 Å². The summed E-state index contributed by atoms with van der Waals surface area (Å²) in [6, 6.07) is 64.3. The van der Waals surface area contributed by atoms with Crippen molar-refractivity contribution in [1.82, 2.24) is 19.1 Å². The van der Waals surface area contributed by atoms with Crippen molar-refractivity contribution in [3.05, 3.63) is 215 Å². The first kappa shape index (κ1) is 32.5. The number of benzene rings is 7. The third kappa shape index (κ3) is 5.12. The van der Waals surface area contributed by atoms with Crippen LogP contribution >= 0.6 is 0 Å². The molecule has 7 aromatic carbocycles. The van der Waals surface area contributed by atoms with Crippen LogP contribution in [-0.2, 0) is 19.5 Å². The summed E-state index contributed by atoms with van der Waals surface area (Å²) in [7, 11) is 3.63. The smallest absolute Gasteiger partial charge is 0.295 e. The third-order valence-corrected chi connectivity index (χ3v) is 11.3. The van der Waals surface area contributed by atoms with Gasteiger partial charge in [-0.05, 0) is 68.8 Å². The predicted octanol–water partition coefficient (Wildman–Crippen LogP) is 10.7. The zero-order valence-electron chi connectivity index (χ0n) is 30.5. The molecule has 2 heterocycles. The molecule has 1 aliphatic carbocycles. The Morgan fingerprint density at radius 3 is 1.60 bits per heavy atom. The topological polar surface area (TPSA) is 52.7 Å². The van der Waals surface area contributed by atoms with Crippen molar-refractivity contribution in [3.63, 3.8) is 0 Å². The number of rotatable bonds is 6. The second-order valence-corrected chi connectivity index (χ2v) is 14.3. The van der Waals surface area contributed by atoms with E-state index in [0.717, 1.165) is 50.2 Å². The van der Waals surface area contributed by atoms with Gasteiger partial charge in [-0.15, -0.1) is 0 Å². The molecule has 5 nitrogen and oxygen atoms in total. The second-order valence-electron chi connectivity index (χ2n) is 14.3. The van der Waals surface area contributed by atoms with Gasteiger partial charge >= 0.3 is 5.69 Å². The maximum Gasteiger partial charge on any atom is 0.328 e. The molecule has 0 aliphatic heterocycles. The highest BCUT2D eigenvalue weighted by Gasteiger charge is 2.46. The summed E-state index contributed by atoms with van der Waals surface area (Å²) < 4.78 is 3.38. The van der Waals surface area contributed by atoms with Crippen molar-refractivity contribution < 1.29 is 0 Å². The molecule has 0 radical (unpaired) electrons. The van der Waals surface area contributed by atoms with E-state index in [2.05, 4.69) is 158 Å². The fourth-order valence-electron chi connectivity index (χ4n) is 8.59. The Morgan fingerprint density at radius 1 is 0.418 bits per heavy atom. The molecule has 0 amide bonds. The molecule has 5 heteroatoms. The van der Waals surface area contributed by atoms with Crippen molar-refractivity contribution in [3.8, 4) is 56.2 Å². The van der Waals surface area contributed by atoms with Gasteiger partial charge in [0.2, 0.25) is 0 Å². The van der Waals surface area contributed by atoms with E-state index in [1.54, 1.807) is 9.13 Å². The van der Waals surface area contributed by atoms with Gasteiger partial charge in [0.05, 0.1) is 27.8 Å². The van der Waals surface area contributed by atoms with Gasteiger partial charge in [0.1, 0.15) is 0 Å². The maximum absolute atomic E-state index is 12.6. The lowest BCUT2D eigenvalue weighted by molar-refractivity contribution is 0.768. The molecule has 0 N–H and O–H groups in total. The number of aryl methyl sites for hydroxylation is 2. The van der Waals surface area contributed by atoms with Gasteiger partial charge in [0.25, 0.3) is 0 Å². The first-order chi connectivity index (χ1) is 27.0. The number of hydrogen-bond acceptors (Lipinski definition) is 3. The molecule has 2 aromatic heterocycles. The lowest BCUT2D eigenvalue weighted by Crippen LogP contribution is -2.28. The molecule has 0 atom stereocenters. The highest BCUT2D eigenvalue weighted by Crippen LogP contribution is 2.56. The Kier molecular flexibility index (Phi) is 7.56. The molecular weight excluding hydrogens is 673 g/mol. The van der Waals surface area contributed by atoms with Crippen LogP contribution in [-0.4, -0.2) is 19.1 Å². The second kappa shape index (κ2) is 12.8. The van der Waals surface area contributed by atoms with Crippen molar-refractivity contribution >= 4 is 11.0 Å². The third-order valence-electron chi connectivity index (χ3n) is 11.3. The standard InChI is InChI=1S/C50H36N4O/c1-53-46-29-27-36(31-47(46)54(2)49(53)55)33-22-24-35(25-23-33)45-32-44(34-14-6-3-7-15-34)51-48(52-45)37-26-28-43-41(30-37)40-20-12-13-21-42(40)50(43,38-16-8-4-9-17-38)39-18-10-5-11-19-39/h3-32H,1-2H3. The Hall–Kier alpha value is -7.11. The molecule has 0 spiro atoms. The van der Waals surface area contributed by atoms with Crippen LogP contribution in [0.5, 0.6) is 0 Å². The van der Waals surface area contributed by atoms with E-state index >= 15 is 0 Å². The number of imidazole rings is 1. The lowest BCUT2D eigenvalue weighted by Gasteiger charge is -2.33. The van der Waals surface area contributed by atoms with Crippen LogP contribution in [0.3, 0.4) is 0 Å². The van der Waals surface area contributed by atoms with Gasteiger partial charge in [-0.25, -0.2) is 14.8 Å². The molecule has 0 fully saturated rings. The quantitative estimate of drug-likeness (QED) is 0.173. The Bertz CT molecular complexity index is 2910. The zero-order chi connectivity index (χ0) is 37.1. The van der Waals surface area contributed by atoms with Gasteiger partial charge in [0.15, 0.2) is 5.82 Å². The van der Waals surface area contributed by atoms with Gasteiger partial charge < -0.3 is 0 Å². The SMILES string of the molecule is Cn1c(=O)n(C)c2cc(-c3ccc(-c4cc(-c5ccccc5)nc(-c5ccc6c(c5)-c5ccccc5C6(c5ccccc5)c5ccccc5)n4)cc3)ccc21. The maximum atomic E-state index is 12.6. The monoisotopic (exact) mass is 708 g/mol. The van der Waals surface area contributed by atoms with Crippen molar-refractivity contribution in [1.29, 1.82) is 0 Å². The summed E-state index contributed by atoms with van der Waals surface area (Å²) in [5.74, 6) is 0.674. The molecule has 10 rings (SSSR count). The molecular formula is C50H36N4O. The van der Waals surface area contributed by atoms with Crippen LogP contribution in [0.15, 0.2) is 187 Å². The van der Waals surface area contributed by atoms with E-state index in [-0.39, 0.29) is 5.69 Å². The molecule has 0 saturated heterocycles. The van der Waals surface area contributed by atoms with Crippen LogP contribution < -0.4 is 5.69 Å². The molecule has 0 saturated carbocycles. The van der Waals surface area contributed by atoms with E-state index in [4.69, 9.17) is 9.97 Å². The van der Waals surface area contributed by atoms with E-state index < -0.39 is 5.41 Å². The predicted molar refractivity (Wildman–Crippen MR) is 223 cm³/mol. The minimum Gasteiger partial charge on any atom is -0.295 e. The van der Waals surface area contributed by atoms with Crippen molar-refractivity contribution in [2.75, 3.05) is 0 Å². The summed E-state index contributed by atoms with van der Waals surface area (Å²) in [5.41, 5.74) is 15.5. The van der Waals surface area contributed by atoms with Crippen LogP contribution in [0.25, 0.3) is 67.2 Å². The summed E-state index contributed by atoms with van der Waals surface area (Å²) in [5, 5.41) is 0. The molecule has 0 bridgehead atoms. The van der Waals surface area contributed by atoms with Crippen LogP contribution in [0.4, 0.5) is 0 Å². The van der Waals surface area contributed by atoms with E-state index in [0.29, 0.717) is 5.82 Å². The first-order valence-electron chi connectivity index (χ1n) is 18.6. The summed E-state index contributed by atoms with van der Waals surface area (Å²) in [6.07, 6.45) is 0. The van der Waals surface area contributed by atoms with Crippen LogP contribution in [0.1, 0.15) is 22.3 Å². The minimum atomic E-state index is -0.466. The van der Waals surface area contributed by atoms with Crippen LogP contribution in [0.2, 0.25) is 0 Å². The summed E-state index contributed by atoms with van der Waals surface area (Å²) >= 11 is 0. The van der Waals surface area contributed by atoms with Crippen molar-refractivity contribution in [2.24, 2.45) is 14.1 Å². The highest BCUT2D eigenvalue weighted by molar-refractivity contribution is 5.89. The molecule has 262 valence electrons. The Morgan fingerprint density at radius 2 is 0.927 bits per heavy atom. The van der Waals surface area contributed by atoms with E-state index in [9.17, 15) is 4.79 Å². The lowest BCUT2D eigenvalue weighted by atomic mass is 9.67. The minimum absolute atomic E-state index is 0.0319. The summed E-state index contributed by atoms with van der Waals surface area (Å²) in [4.78, 5) is 23.0. The average molecular weight is 709 g/mol. The van der Waals surface area contributed by atoms with Gasteiger partial charge in [-0.1, -0.05) is 158 Å². The fraction of sp³-hybridized carbons (Fsp3) is 0.0600.